The van der Waals surface area contributed by atoms with Crippen LogP contribution in [0.15, 0.2) is 18.2 Å². The molecule has 0 aliphatic carbocycles. The number of hydrogen-bond acceptors (Lipinski definition) is 3. The fourth-order valence-corrected chi connectivity index (χ4v) is 1.54. The first kappa shape index (κ1) is 11.9. The van der Waals surface area contributed by atoms with E-state index in [2.05, 4.69) is 13.8 Å². The first-order valence-electron chi connectivity index (χ1n) is 5.16. The van der Waals surface area contributed by atoms with Crippen molar-refractivity contribution >= 4 is 5.69 Å². The van der Waals surface area contributed by atoms with Crippen LogP contribution in [0, 0.1) is 5.92 Å². The predicted molar refractivity (Wildman–Crippen MR) is 61.8 cm³/mol. The van der Waals surface area contributed by atoms with Crippen LogP contribution in [-0.4, -0.2) is 12.2 Å². The van der Waals surface area contributed by atoms with Gasteiger partial charge in [0.05, 0.1) is 13.2 Å². The molecule has 1 rings (SSSR count). The Morgan fingerprint density at radius 2 is 2.07 bits per heavy atom. The number of methoxy groups -OCH3 is 1. The summed E-state index contributed by atoms with van der Waals surface area (Å²) in [6.07, 6.45) is 0.192. The minimum absolute atomic E-state index is 0.436. The molecular formula is C12H19NO2. The Hall–Kier alpha value is -1.22. The first-order valence-corrected chi connectivity index (χ1v) is 5.16. The Morgan fingerprint density at radius 3 is 2.60 bits per heavy atom. The zero-order chi connectivity index (χ0) is 11.4. The van der Waals surface area contributed by atoms with Crippen LogP contribution in [0.2, 0.25) is 0 Å². The van der Waals surface area contributed by atoms with Crippen LogP contribution in [0.25, 0.3) is 0 Å². The molecule has 0 spiro atoms. The Balaban J connectivity index is 2.91. The van der Waals surface area contributed by atoms with Crippen LogP contribution in [-0.2, 0) is 0 Å². The highest BCUT2D eigenvalue weighted by atomic mass is 16.5. The summed E-state index contributed by atoms with van der Waals surface area (Å²) in [6, 6.07) is 5.35. The van der Waals surface area contributed by atoms with Crippen molar-refractivity contribution in [2.45, 2.75) is 26.4 Å². The van der Waals surface area contributed by atoms with Gasteiger partial charge in [0, 0.05) is 11.3 Å². The quantitative estimate of drug-likeness (QED) is 0.748. The van der Waals surface area contributed by atoms with Gasteiger partial charge in [-0.05, 0) is 30.5 Å². The molecule has 0 saturated heterocycles. The molecule has 1 unspecified atom stereocenters. The summed E-state index contributed by atoms with van der Waals surface area (Å²) in [7, 11) is 1.60. The van der Waals surface area contributed by atoms with Crippen LogP contribution < -0.4 is 10.5 Å². The molecule has 0 saturated carbocycles. The molecule has 3 heteroatoms. The largest absolute Gasteiger partial charge is 0.497 e. The topological polar surface area (TPSA) is 55.5 Å². The minimum atomic E-state index is -0.514. The maximum atomic E-state index is 9.96. The third-order valence-electron chi connectivity index (χ3n) is 2.35. The van der Waals surface area contributed by atoms with Crippen LogP contribution in [0.5, 0.6) is 5.75 Å². The maximum Gasteiger partial charge on any atom is 0.119 e. The van der Waals surface area contributed by atoms with Gasteiger partial charge in [-0.25, -0.2) is 0 Å². The molecule has 0 heterocycles. The third kappa shape index (κ3) is 3.13. The molecule has 0 aromatic heterocycles. The minimum Gasteiger partial charge on any atom is -0.497 e. The smallest absolute Gasteiger partial charge is 0.119 e. The van der Waals surface area contributed by atoms with Gasteiger partial charge in [0.25, 0.3) is 0 Å². The molecule has 0 fully saturated rings. The van der Waals surface area contributed by atoms with E-state index in [1.165, 1.54) is 0 Å². The average molecular weight is 209 g/mol. The summed E-state index contributed by atoms with van der Waals surface area (Å²) >= 11 is 0. The predicted octanol–water partition coefficient (Wildman–Crippen LogP) is 2.36. The Morgan fingerprint density at radius 1 is 1.40 bits per heavy atom. The summed E-state index contributed by atoms with van der Waals surface area (Å²) < 4.78 is 5.10. The first-order chi connectivity index (χ1) is 7.04. The van der Waals surface area contributed by atoms with Crippen LogP contribution in [0.1, 0.15) is 31.9 Å². The van der Waals surface area contributed by atoms with E-state index < -0.39 is 6.10 Å². The Kier molecular flexibility index (Phi) is 3.97. The average Bonchev–Trinajstić information content (AvgIpc) is 2.17. The van der Waals surface area contributed by atoms with Crippen molar-refractivity contribution in [1.29, 1.82) is 0 Å². The number of aliphatic hydroxyl groups excluding tert-OH is 1. The van der Waals surface area contributed by atoms with Crippen molar-refractivity contribution < 1.29 is 9.84 Å². The van der Waals surface area contributed by atoms with Gasteiger partial charge in [-0.2, -0.15) is 0 Å². The molecule has 1 aromatic carbocycles. The monoisotopic (exact) mass is 209 g/mol. The third-order valence-corrected chi connectivity index (χ3v) is 2.35. The highest BCUT2D eigenvalue weighted by Gasteiger charge is 2.13. The lowest BCUT2D eigenvalue weighted by Crippen LogP contribution is -2.05. The number of rotatable bonds is 4. The number of hydrogen-bond donors (Lipinski definition) is 2. The van der Waals surface area contributed by atoms with Crippen LogP contribution in [0.3, 0.4) is 0 Å². The van der Waals surface area contributed by atoms with E-state index in [-0.39, 0.29) is 0 Å². The second kappa shape index (κ2) is 5.03. The number of aliphatic hydroxyl groups is 1. The van der Waals surface area contributed by atoms with Gasteiger partial charge in [0.2, 0.25) is 0 Å². The molecule has 84 valence electrons. The number of ether oxygens (including phenoxy) is 1. The van der Waals surface area contributed by atoms with Gasteiger partial charge in [-0.1, -0.05) is 13.8 Å². The number of nitrogen functional groups attached to an aromatic ring is 1. The summed E-state index contributed by atoms with van der Waals surface area (Å²) in [5.74, 6) is 1.16. The fraction of sp³-hybridized carbons (Fsp3) is 0.500. The molecule has 0 radical (unpaired) electrons. The van der Waals surface area contributed by atoms with Gasteiger partial charge in [0.1, 0.15) is 5.75 Å². The molecule has 0 bridgehead atoms. The van der Waals surface area contributed by atoms with E-state index >= 15 is 0 Å². The van der Waals surface area contributed by atoms with E-state index in [9.17, 15) is 5.11 Å². The standard InChI is InChI=1S/C12H19NO2/c1-8(2)6-12(14)10-7-9(15-3)4-5-11(10)13/h4-5,7-8,12,14H,6,13H2,1-3H3. The lowest BCUT2D eigenvalue weighted by molar-refractivity contribution is 0.151. The molecule has 0 aliphatic rings. The molecule has 3 N–H and O–H groups in total. The number of nitrogens with two attached hydrogens (primary N) is 1. The summed E-state index contributed by atoms with van der Waals surface area (Å²) in [5.41, 5.74) is 7.17. The second-order valence-electron chi connectivity index (χ2n) is 4.14. The Bertz CT molecular complexity index is 323. The highest BCUT2D eigenvalue weighted by Crippen LogP contribution is 2.29. The SMILES string of the molecule is COc1ccc(N)c(C(O)CC(C)C)c1. The molecule has 15 heavy (non-hydrogen) atoms. The van der Waals surface area contributed by atoms with E-state index in [1.807, 2.05) is 0 Å². The molecule has 0 amide bonds. The van der Waals surface area contributed by atoms with Crippen LogP contribution in [0.4, 0.5) is 5.69 Å². The van der Waals surface area contributed by atoms with Crippen molar-refractivity contribution in [3.05, 3.63) is 23.8 Å². The van der Waals surface area contributed by atoms with Gasteiger partial charge in [-0.15, -0.1) is 0 Å². The summed E-state index contributed by atoms with van der Waals surface area (Å²) in [4.78, 5) is 0. The second-order valence-corrected chi connectivity index (χ2v) is 4.14. The van der Waals surface area contributed by atoms with E-state index in [1.54, 1.807) is 25.3 Å². The van der Waals surface area contributed by atoms with Gasteiger partial charge < -0.3 is 15.6 Å². The van der Waals surface area contributed by atoms with Crippen molar-refractivity contribution in [3.8, 4) is 5.75 Å². The van der Waals surface area contributed by atoms with E-state index in [4.69, 9.17) is 10.5 Å². The van der Waals surface area contributed by atoms with Gasteiger partial charge >= 0.3 is 0 Å². The van der Waals surface area contributed by atoms with E-state index in [0.29, 0.717) is 18.0 Å². The molecule has 3 nitrogen and oxygen atoms in total. The number of benzene rings is 1. The normalized spacial score (nSPS) is 12.9. The van der Waals surface area contributed by atoms with Crippen molar-refractivity contribution in [1.82, 2.24) is 0 Å². The summed E-state index contributed by atoms with van der Waals surface area (Å²) in [6.45, 7) is 4.14. The highest BCUT2D eigenvalue weighted by molar-refractivity contribution is 5.51. The zero-order valence-corrected chi connectivity index (χ0v) is 9.53. The zero-order valence-electron chi connectivity index (χ0n) is 9.53. The van der Waals surface area contributed by atoms with E-state index in [0.717, 1.165) is 11.3 Å². The maximum absolute atomic E-state index is 9.96. The lowest BCUT2D eigenvalue weighted by Gasteiger charge is -2.16. The molecule has 0 aliphatic heterocycles. The molecular weight excluding hydrogens is 190 g/mol. The van der Waals surface area contributed by atoms with Crippen molar-refractivity contribution in [2.24, 2.45) is 5.92 Å². The molecule has 1 atom stereocenters. The lowest BCUT2D eigenvalue weighted by atomic mass is 9.98. The van der Waals surface area contributed by atoms with Gasteiger partial charge in [-0.3, -0.25) is 0 Å². The van der Waals surface area contributed by atoms with Gasteiger partial charge in [0.15, 0.2) is 0 Å². The number of anilines is 1. The molecule has 1 aromatic rings. The van der Waals surface area contributed by atoms with Crippen molar-refractivity contribution in [2.75, 3.05) is 12.8 Å². The van der Waals surface area contributed by atoms with Crippen LogP contribution >= 0.6 is 0 Å². The van der Waals surface area contributed by atoms with Crippen molar-refractivity contribution in [3.63, 3.8) is 0 Å². The Labute approximate surface area is 90.9 Å². The summed E-state index contributed by atoms with van der Waals surface area (Å²) in [5, 5.41) is 9.96. The fourth-order valence-electron chi connectivity index (χ4n) is 1.54.